The third-order valence-electron chi connectivity index (χ3n) is 3.66. The molecule has 0 unspecified atom stereocenters. The number of rotatable bonds is 5. The van der Waals surface area contributed by atoms with E-state index in [1.807, 2.05) is 7.05 Å². The van der Waals surface area contributed by atoms with Gasteiger partial charge in [0, 0.05) is 19.3 Å². The average molecular weight is 331 g/mol. The van der Waals surface area contributed by atoms with Gasteiger partial charge in [0.25, 0.3) is 5.91 Å². The second-order valence-corrected chi connectivity index (χ2v) is 5.57. The quantitative estimate of drug-likeness (QED) is 0.898. The van der Waals surface area contributed by atoms with Crippen LogP contribution >= 0.6 is 0 Å². The lowest BCUT2D eigenvalue weighted by atomic mass is 9.97. The molecule has 8 heteroatoms. The topological polar surface area (TPSA) is 54.5 Å². The molecular weight excluding hydrogens is 311 g/mol. The van der Waals surface area contributed by atoms with Crippen molar-refractivity contribution < 1.29 is 22.7 Å². The molecule has 0 saturated carbocycles. The molecule has 1 aliphatic heterocycles. The van der Waals surface area contributed by atoms with Crippen LogP contribution in [0.3, 0.4) is 0 Å². The standard InChI is InChI=1S/C15H20F3N3O2/c1-19-8-11-4-3-7-21(9-11)14(22)13-12(5-2-6-20-13)23-10-15(16,17)18/h2,5-6,11,19H,3-4,7-10H2,1H3/t11-/m1/s1. The Labute approximate surface area is 132 Å². The number of aromatic nitrogens is 1. The summed E-state index contributed by atoms with van der Waals surface area (Å²) in [7, 11) is 1.85. The summed E-state index contributed by atoms with van der Waals surface area (Å²) in [5, 5.41) is 3.08. The summed E-state index contributed by atoms with van der Waals surface area (Å²) >= 11 is 0. The minimum atomic E-state index is -4.46. The number of carbonyl (C=O) groups excluding carboxylic acids is 1. The Bertz CT molecular complexity index is 535. The molecule has 0 aliphatic carbocycles. The molecule has 0 aromatic carbocycles. The molecular formula is C15H20F3N3O2. The first-order valence-electron chi connectivity index (χ1n) is 7.49. The Morgan fingerprint density at radius 2 is 2.30 bits per heavy atom. The van der Waals surface area contributed by atoms with Gasteiger partial charge in [-0.1, -0.05) is 0 Å². The number of carbonyl (C=O) groups is 1. The van der Waals surface area contributed by atoms with Crippen molar-refractivity contribution in [2.45, 2.75) is 19.0 Å². The smallest absolute Gasteiger partial charge is 0.422 e. The van der Waals surface area contributed by atoms with Gasteiger partial charge in [-0.15, -0.1) is 0 Å². The highest BCUT2D eigenvalue weighted by Crippen LogP contribution is 2.24. The Morgan fingerprint density at radius 1 is 1.52 bits per heavy atom. The van der Waals surface area contributed by atoms with E-state index in [0.717, 1.165) is 19.4 Å². The first kappa shape index (κ1) is 17.5. The van der Waals surface area contributed by atoms with Gasteiger partial charge in [-0.3, -0.25) is 4.79 Å². The summed E-state index contributed by atoms with van der Waals surface area (Å²) in [6.45, 7) is 0.494. The predicted molar refractivity (Wildman–Crippen MR) is 78.3 cm³/mol. The Morgan fingerprint density at radius 3 is 3.00 bits per heavy atom. The number of pyridine rings is 1. The van der Waals surface area contributed by atoms with Gasteiger partial charge >= 0.3 is 6.18 Å². The largest absolute Gasteiger partial charge is 0.482 e. The highest BCUT2D eigenvalue weighted by molar-refractivity contribution is 5.95. The summed E-state index contributed by atoms with van der Waals surface area (Å²) < 4.78 is 41.7. The molecule has 1 amide bonds. The third kappa shape index (κ3) is 5.09. The van der Waals surface area contributed by atoms with Gasteiger partial charge in [0.1, 0.15) is 0 Å². The summed E-state index contributed by atoms with van der Waals surface area (Å²) in [4.78, 5) is 18.1. The Hall–Kier alpha value is -1.83. The molecule has 2 rings (SSSR count). The number of ether oxygens (including phenoxy) is 1. The predicted octanol–water partition coefficient (Wildman–Crippen LogP) is 2.09. The van der Waals surface area contributed by atoms with Crippen LogP contribution in [-0.2, 0) is 0 Å². The normalized spacial score (nSPS) is 18.8. The van der Waals surface area contributed by atoms with Crippen molar-refractivity contribution in [2.24, 2.45) is 5.92 Å². The maximum absolute atomic E-state index is 12.6. The number of nitrogens with zero attached hydrogens (tertiary/aromatic N) is 2. The van der Waals surface area contributed by atoms with Crippen LogP contribution in [-0.4, -0.2) is 55.3 Å². The molecule has 5 nitrogen and oxygen atoms in total. The second kappa shape index (κ2) is 7.63. The van der Waals surface area contributed by atoms with Crippen LogP contribution in [0.4, 0.5) is 13.2 Å². The van der Waals surface area contributed by atoms with E-state index in [-0.39, 0.29) is 17.4 Å². The van der Waals surface area contributed by atoms with Crippen LogP contribution in [0.2, 0.25) is 0 Å². The number of halogens is 3. The highest BCUT2D eigenvalue weighted by Gasteiger charge is 2.31. The van der Waals surface area contributed by atoms with Crippen molar-refractivity contribution in [1.29, 1.82) is 0 Å². The molecule has 0 spiro atoms. The van der Waals surface area contributed by atoms with E-state index in [1.54, 1.807) is 4.90 Å². The molecule has 1 N–H and O–H groups in total. The number of hydrogen-bond donors (Lipinski definition) is 1. The van der Waals surface area contributed by atoms with Gasteiger partial charge in [0.15, 0.2) is 18.1 Å². The molecule has 1 aromatic heterocycles. The fraction of sp³-hybridized carbons (Fsp3) is 0.600. The molecule has 1 aliphatic rings. The summed E-state index contributed by atoms with van der Waals surface area (Å²) in [5.74, 6) is -0.185. The number of likely N-dealkylation sites (tertiary alicyclic amines) is 1. The van der Waals surface area contributed by atoms with Crippen LogP contribution in [0.1, 0.15) is 23.3 Å². The van der Waals surface area contributed by atoms with Gasteiger partial charge in [-0.25, -0.2) is 4.98 Å². The Kier molecular flexibility index (Phi) is 5.81. The zero-order chi connectivity index (χ0) is 16.9. The fourth-order valence-electron chi connectivity index (χ4n) is 2.68. The summed E-state index contributed by atoms with van der Waals surface area (Å²) in [6.07, 6.45) is -1.20. The van der Waals surface area contributed by atoms with Crippen LogP contribution in [0, 0.1) is 5.92 Å². The zero-order valence-corrected chi connectivity index (χ0v) is 12.9. The van der Waals surface area contributed by atoms with Crippen LogP contribution in [0.25, 0.3) is 0 Å². The maximum atomic E-state index is 12.6. The molecule has 2 heterocycles. The van der Waals surface area contributed by atoms with Crippen LogP contribution in [0.5, 0.6) is 5.75 Å². The van der Waals surface area contributed by atoms with E-state index in [1.165, 1.54) is 18.3 Å². The second-order valence-electron chi connectivity index (χ2n) is 5.57. The number of amides is 1. The zero-order valence-electron chi connectivity index (χ0n) is 12.9. The third-order valence-corrected chi connectivity index (χ3v) is 3.66. The van der Waals surface area contributed by atoms with Gasteiger partial charge < -0.3 is 15.0 Å². The highest BCUT2D eigenvalue weighted by atomic mass is 19.4. The SMILES string of the molecule is CNC[C@H]1CCCN(C(=O)c2ncccc2OCC(F)(F)F)C1. The molecule has 128 valence electrons. The van der Waals surface area contributed by atoms with Crippen LogP contribution < -0.4 is 10.1 Å². The van der Waals surface area contributed by atoms with E-state index in [2.05, 4.69) is 10.3 Å². The van der Waals surface area contributed by atoms with E-state index >= 15 is 0 Å². The monoisotopic (exact) mass is 331 g/mol. The minimum Gasteiger partial charge on any atom is -0.482 e. The Balaban J connectivity index is 2.09. The van der Waals surface area contributed by atoms with Crippen molar-refractivity contribution in [3.63, 3.8) is 0 Å². The van der Waals surface area contributed by atoms with Crippen molar-refractivity contribution in [3.05, 3.63) is 24.0 Å². The lowest BCUT2D eigenvalue weighted by Gasteiger charge is -2.32. The van der Waals surface area contributed by atoms with E-state index in [9.17, 15) is 18.0 Å². The summed E-state index contributed by atoms with van der Waals surface area (Å²) in [6, 6.07) is 2.78. The first-order valence-corrected chi connectivity index (χ1v) is 7.49. The van der Waals surface area contributed by atoms with Gasteiger partial charge in [-0.05, 0) is 44.5 Å². The van der Waals surface area contributed by atoms with E-state index < -0.39 is 12.8 Å². The van der Waals surface area contributed by atoms with E-state index in [4.69, 9.17) is 4.74 Å². The molecule has 1 aromatic rings. The average Bonchev–Trinajstić information content (AvgIpc) is 2.52. The molecule has 23 heavy (non-hydrogen) atoms. The first-order chi connectivity index (χ1) is 10.9. The lowest BCUT2D eigenvalue weighted by molar-refractivity contribution is -0.153. The van der Waals surface area contributed by atoms with Gasteiger partial charge in [0.05, 0.1) is 0 Å². The molecule has 0 bridgehead atoms. The number of alkyl halides is 3. The number of piperidine rings is 1. The van der Waals surface area contributed by atoms with Crippen molar-refractivity contribution in [3.8, 4) is 5.75 Å². The lowest BCUT2D eigenvalue weighted by Crippen LogP contribution is -2.42. The van der Waals surface area contributed by atoms with Crippen molar-refractivity contribution >= 4 is 5.91 Å². The molecule has 1 saturated heterocycles. The van der Waals surface area contributed by atoms with E-state index in [0.29, 0.717) is 19.0 Å². The van der Waals surface area contributed by atoms with Crippen molar-refractivity contribution in [1.82, 2.24) is 15.2 Å². The summed E-state index contributed by atoms with van der Waals surface area (Å²) in [5.41, 5.74) is -0.0677. The molecule has 0 radical (unpaired) electrons. The minimum absolute atomic E-state index is 0.0677. The van der Waals surface area contributed by atoms with Gasteiger partial charge in [0.2, 0.25) is 0 Å². The van der Waals surface area contributed by atoms with Crippen LogP contribution in [0.15, 0.2) is 18.3 Å². The molecule has 1 fully saturated rings. The van der Waals surface area contributed by atoms with Crippen molar-refractivity contribution in [2.75, 3.05) is 33.3 Å². The van der Waals surface area contributed by atoms with Gasteiger partial charge in [-0.2, -0.15) is 13.2 Å². The number of nitrogens with one attached hydrogen (secondary N) is 1. The fourth-order valence-corrected chi connectivity index (χ4v) is 2.68. The molecule has 1 atom stereocenters. The number of hydrogen-bond acceptors (Lipinski definition) is 4. The maximum Gasteiger partial charge on any atom is 0.422 e.